The number of hydrogen-bond acceptors (Lipinski definition) is 4. The highest BCUT2D eigenvalue weighted by atomic mass is 16.5. The van der Waals surface area contributed by atoms with Crippen LogP contribution in [0.1, 0.15) is 47.8 Å². The van der Waals surface area contributed by atoms with E-state index in [2.05, 4.69) is 31.4 Å². The number of aryl methyl sites for hydroxylation is 2. The van der Waals surface area contributed by atoms with E-state index in [9.17, 15) is 14.4 Å². The molecular formula is C23H28N2O4. The van der Waals surface area contributed by atoms with E-state index in [1.54, 1.807) is 12.1 Å². The minimum absolute atomic E-state index is 0.00360. The molecule has 6 nitrogen and oxygen atoms in total. The average molecular weight is 396 g/mol. The second-order valence-electron chi connectivity index (χ2n) is 8.04. The molecule has 2 aromatic rings. The van der Waals surface area contributed by atoms with E-state index in [1.165, 1.54) is 0 Å². The summed E-state index contributed by atoms with van der Waals surface area (Å²) in [4.78, 5) is 36.0. The standard InChI is InChI=1S/C23H28N2O4/c1-15-6-7-16(2)19(12-15)25-20(26)14-29-21(27)13-24-22(28)17-8-10-18(11-9-17)23(3,4)5/h6-12H,13-14H2,1-5H3,(H,24,28)(H,25,26). The molecule has 0 aromatic heterocycles. The number of carbonyl (C=O) groups excluding carboxylic acids is 3. The van der Waals surface area contributed by atoms with Crippen LogP contribution >= 0.6 is 0 Å². The van der Waals surface area contributed by atoms with Crippen LogP contribution < -0.4 is 10.6 Å². The predicted octanol–water partition coefficient (Wildman–Crippen LogP) is 3.51. The molecule has 0 bridgehead atoms. The quantitative estimate of drug-likeness (QED) is 0.732. The van der Waals surface area contributed by atoms with Gasteiger partial charge in [0.05, 0.1) is 0 Å². The second-order valence-corrected chi connectivity index (χ2v) is 8.04. The Morgan fingerprint density at radius 3 is 2.24 bits per heavy atom. The molecule has 0 saturated heterocycles. The molecule has 0 aliphatic rings. The zero-order valence-electron chi connectivity index (χ0n) is 17.6. The average Bonchev–Trinajstić information content (AvgIpc) is 2.66. The third-order valence-electron chi connectivity index (χ3n) is 4.44. The van der Waals surface area contributed by atoms with Gasteiger partial charge in [0, 0.05) is 11.3 Å². The fourth-order valence-corrected chi connectivity index (χ4v) is 2.63. The molecule has 0 saturated carbocycles. The molecule has 0 spiro atoms. The third-order valence-corrected chi connectivity index (χ3v) is 4.44. The molecule has 2 aromatic carbocycles. The Bertz CT molecular complexity index is 896. The smallest absolute Gasteiger partial charge is 0.325 e. The van der Waals surface area contributed by atoms with Crippen LogP contribution in [0.2, 0.25) is 0 Å². The molecule has 0 atom stereocenters. The zero-order chi connectivity index (χ0) is 21.6. The lowest BCUT2D eigenvalue weighted by Gasteiger charge is -2.19. The van der Waals surface area contributed by atoms with Crippen LogP contribution in [0, 0.1) is 13.8 Å². The van der Waals surface area contributed by atoms with Crippen molar-refractivity contribution >= 4 is 23.5 Å². The fourth-order valence-electron chi connectivity index (χ4n) is 2.63. The van der Waals surface area contributed by atoms with E-state index in [1.807, 2.05) is 44.2 Å². The van der Waals surface area contributed by atoms with E-state index in [0.29, 0.717) is 11.3 Å². The summed E-state index contributed by atoms with van der Waals surface area (Å²) in [5.41, 5.74) is 4.18. The van der Waals surface area contributed by atoms with Gasteiger partial charge in [-0.15, -0.1) is 0 Å². The molecular weight excluding hydrogens is 368 g/mol. The first-order valence-electron chi connectivity index (χ1n) is 9.48. The first kappa shape index (κ1) is 22.1. The SMILES string of the molecule is Cc1ccc(C)c(NC(=O)COC(=O)CNC(=O)c2ccc(C(C)(C)C)cc2)c1. The molecule has 29 heavy (non-hydrogen) atoms. The van der Waals surface area contributed by atoms with Gasteiger partial charge in [-0.3, -0.25) is 14.4 Å². The summed E-state index contributed by atoms with van der Waals surface area (Å²) in [5.74, 6) is -1.49. The van der Waals surface area contributed by atoms with Crippen LogP contribution in [0.5, 0.6) is 0 Å². The summed E-state index contributed by atoms with van der Waals surface area (Å²) >= 11 is 0. The molecule has 2 rings (SSSR count). The summed E-state index contributed by atoms with van der Waals surface area (Å²) < 4.78 is 4.93. The van der Waals surface area contributed by atoms with Gasteiger partial charge >= 0.3 is 5.97 Å². The molecule has 0 aliphatic heterocycles. The molecule has 154 valence electrons. The number of nitrogens with one attached hydrogen (secondary N) is 2. The van der Waals surface area contributed by atoms with Crippen molar-refractivity contribution in [1.29, 1.82) is 0 Å². The lowest BCUT2D eigenvalue weighted by Crippen LogP contribution is -2.32. The van der Waals surface area contributed by atoms with E-state index in [4.69, 9.17) is 4.74 Å². The minimum atomic E-state index is -0.680. The van der Waals surface area contributed by atoms with Gasteiger partial charge in [0.15, 0.2) is 6.61 Å². The van der Waals surface area contributed by atoms with E-state index in [-0.39, 0.29) is 17.9 Å². The van der Waals surface area contributed by atoms with Gasteiger partial charge in [0.1, 0.15) is 6.54 Å². The number of amides is 2. The number of rotatable bonds is 6. The summed E-state index contributed by atoms with van der Waals surface area (Å²) in [5, 5.41) is 5.21. The summed E-state index contributed by atoms with van der Waals surface area (Å²) in [6.07, 6.45) is 0. The van der Waals surface area contributed by atoms with Gasteiger partial charge in [0.2, 0.25) is 0 Å². The Kier molecular flexibility index (Phi) is 7.15. The monoisotopic (exact) mass is 396 g/mol. The molecule has 2 N–H and O–H groups in total. The van der Waals surface area contributed by atoms with Crippen LogP contribution in [0.3, 0.4) is 0 Å². The normalized spacial score (nSPS) is 10.9. The lowest BCUT2D eigenvalue weighted by atomic mass is 9.87. The van der Waals surface area contributed by atoms with Crippen LogP contribution in [0.4, 0.5) is 5.69 Å². The van der Waals surface area contributed by atoms with Crippen molar-refractivity contribution in [1.82, 2.24) is 5.32 Å². The van der Waals surface area contributed by atoms with Gasteiger partial charge in [0.25, 0.3) is 11.8 Å². The molecule has 0 unspecified atom stereocenters. The summed E-state index contributed by atoms with van der Waals surface area (Å²) in [6, 6.07) is 12.9. The number of carbonyl (C=O) groups is 3. The highest BCUT2D eigenvalue weighted by Gasteiger charge is 2.15. The topological polar surface area (TPSA) is 84.5 Å². The Labute approximate surface area is 171 Å². The highest BCUT2D eigenvalue weighted by molar-refractivity contribution is 5.96. The number of anilines is 1. The predicted molar refractivity (Wildman–Crippen MR) is 113 cm³/mol. The first-order chi connectivity index (χ1) is 13.6. The zero-order valence-corrected chi connectivity index (χ0v) is 17.6. The van der Waals surface area contributed by atoms with Gasteiger partial charge in [-0.1, -0.05) is 45.0 Å². The van der Waals surface area contributed by atoms with Gasteiger partial charge < -0.3 is 15.4 Å². The van der Waals surface area contributed by atoms with Crippen molar-refractivity contribution in [2.24, 2.45) is 0 Å². The van der Waals surface area contributed by atoms with Crippen LogP contribution in [-0.2, 0) is 19.7 Å². The van der Waals surface area contributed by atoms with Crippen molar-refractivity contribution in [3.8, 4) is 0 Å². The Hall–Kier alpha value is -3.15. The Morgan fingerprint density at radius 2 is 1.62 bits per heavy atom. The molecule has 0 radical (unpaired) electrons. The van der Waals surface area contributed by atoms with E-state index < -0.39 is 18.5 Å². The molecule has 2 amide bonds. The summed E-state index contributed by atoms with van der Waals surface area (Å²) in [7, 11) is 0. The van der Waals surface area contributed by atoms with Crippen molar-refractivity contribution < 1.29 is 19.1 Å². The fraction of sp³-hybridized carbons (Fsp3) is 0.348. The van der Waals surface area contributed by atoms with Crippen molar-refractivity contribution in [2.45, 2.75) is 40.0 Å². The minimum Gasteiger partial charge on any atom is -0.454 e. The van der Waals surface area contributed by atoms with Crippen LogP contribution in [-0.4, -0.2) is 30.9 Å². The van der Waals surface area contributed by atoms with Crippen molar-refractivity contribution in [2.75, 3.05) is 18.5 Å². The van der Waals surface area contributed by atoms with Gasteiger partial charge in [-0.2, -0.15) is 0 Å². The van der Waals surface area contributed by atoms with Gasteiger partial charge in [-0.05, 0) is 54.2 Å². The first-order valence-corrected chi connectivity index (χ1v) is 9.48. The molecule has 6 heteroatoms. The van der Waals surface area contributed by atoms with Crippen LogP contribution in [0.25, 0.3) is 0 Å². The molecule has 0 aliphatic carbocycles. The van der Waals surface area contributed by atoms with E-state index in [0.717, 1.165) is 16.7 Å². The van der Waals surface area contributed by atoms with Crippen LogP contribution in [0.15, 0.2) is 42.5 Å². The second kappa shape index (κ2) is 9.37. The van der Waals surface area contributed by atoms with Gasteiger partial charge in [-0.25, -0.2) is 0 Å². The van der Waals surface area contributed by atoms with Crippen molar-refractivity contribution in [3.05, 3.63) is 64.7 Å². The molecule has 0 fully saturated rings. The third kappa shape index (κ3) is 6.75. The van der Waals surface area contributed by atoms with E-state index >= 15 is 0 Å². The Morgan fingerprint density at radius 1 is 0.966 bits per heavy atom. The highest BCUT2D eigenvalue weighted by Crippen LogP contribution is 2.22. The number of ether oxygens (including phenoxy) is 1. The number of benzene rings is 2. The number of hydrogen-bond donors (Lipinski definition) is 2. The lowest BCUT2D eigenvalue weighted by molar-refractivity contribution is -0.146. The Balaban J connectivity index is 1.78. The number of esters is 1. The van der Waals surface area contributed by atoms with Crippen molar-refractivity contribution in [3.63, 3.8) is 0 Å². The molecule has 0 heterocycles. The maximum absolute atomic E-state index is 12.2. The maximum Gasteiger partial charge on any atom is 0.325 e. The largest absolute Gasteiger partial charge is 0.454 e. The maximum atomic E-state index is 12.2. The summed E-state index contributed by atoms with van der Waals surface area (Å²) in [6.45, 7) is 9.36.